The van der Waals surface area contributed by atoms with Crippen LogP contribution in [0.4, 0.5) is 0 Å². The highest BCUT2D eigenvalue weighted by atomic mass is 35.5. The molecule has 0 bridgehead atoms. The van der Waals surface area contributed by atoms with Crippen LogP contribution in [0.25, 0.3) is 0 Å². The molecule has 236 valence electrons. The predicted molar refractivity (Wildman–Crippen MR) is 169 cm³/mol. The van der Waals surface area contributed by atoms with E-state index in [9.17, 15) is 14.8 Å². The summed E-state index contributed by atoms with van der Waals surface area (Å²) in [5.41, 5.74) is 1.57. The fourth-order valence-corrected chi connectivity index (χ4v) is 13.6. The third kappa shape index (κ3) is 5.49. The second-order valence-electron chi connectivity index (χ2n) is 15.4. The first-order valence-corrected chi connectivity index (χ1v) is 19.1. The van der Waals surface area contributed by atoms with Crippen molar-refractivity contribution in [3.05, 3.63) is 34.9 Å². The second kappa shape index (κ2) is 12.1. The van der Waals surface area contributed by atoms with Gasteiger partial charge < -0.3 is 19.3 Å². The average molecular weight is 621 g/mol. The third-order valence-electron chi connectivity index (χ3n) is 13.5. The Morgan fingerprint density at radius 3 is 2.60 bits per heavy atom. The first kappa shape index (κ1) is 31.6. The molecule has 0 spiro atoms. The van der Waals surface area contributed by atoms with Crippen LogP contribution in [-0.4, -0.2) is 41.8 Å². The highest BCUT2D eigenvalue weighted by Crippen LogP contribution is 2.69. The van der Waals surface area contributed by atoms with Gasteiger partial charge in [-0.15, -0.1) is 0 Å². The molecule has 0 aromatic heterocycles. The molecule has 4 saturated carbocycles. The van der Waals surface area contributed by atoms with Crippen LogP contribution in [0.5, 0.6) is 0 Å². The zero-order valence-corrected chi connectivity index (χ0v) is 27.9. The summed E-state index contributed by atoms with van der Waals surface area (Å²) in [6.45, 7) is 10.6. The Bertz CT molecular complexity index is 1160. The molecule has 5 nitrogen and oxygen atoms in total. The van der Waals surface area contributed by atoms with Crippen molar-refractivity contribution in [2.75, 3.05) is 19.4 Å². The maximum absolute atomic E-state index is 13.6. The second-order valence-corrected chi connectivity index (χ2v) is 17.9. The fourth-order valence-electron chi connectivity index (χ4n) is 11.4. The van der Waals surface area contributed by atoms with E-state index in [4.69, 9.17) is 20.6 Å². The van der Waals surface area contributed by atoms with Gasteiger partial charge >= 0.3 is 7.60 Å². The van der Waals surface area contributed by atoms with Crippen LogP contribution >= 0.6 is 19.2 Å². The molecule has 42 heavy (non-hydrogen) atoms. The van der Waals surface area contributed by atoms with Gasteiger partial charge in [-0.1, -0.05) is 57.8 Å². The number of benzene rings is 1. The molecule has 1 aromatic carbocycles. The van der Waals surface area contributed by atoms with Crippen molar-refractivity contribution in [1.82, 2.24) is 0 Å². The van der Waals surface area contributed by atoms with E-state index in [1.54, 1.807) is 0 Å². The Hall–Kier alpha value is -0.420. The van der Waals surface area contributed by atoms with Crippen LogP contribution in [-0.2, 0) is 13.6 Å². The zero-order chi connectivity index (χ0) is 29.9. The quantitative estimate of drug-likeness (QED) is 0.298. The van der Waals surface area contributed by atoms with Gasteiger partial charge in [0.2, 0.25) is 0 Å². The maximum atomic E-state index is 13.6. The lowest BCUT2D eigenvalue weighted by atomic mass is 9.41. The molecule has 13 atom stereocenters. The van der Waals surface area contributed by atoms with Crippen molar-refractivity contribution in [2.24, 2.45) is 52.3 Å². The summed E-state index contributed by atoms with van der Waals surface area (Å²) < 4.78 is 25.5. The minimum absolute atomic E-state index is 0.146. The van der Waals surface area contributed by atoms with Gasteiger partial charge in [-0.05, 0) is 134 Å². The van der Waals surface area contributed by atoms with E-state index < -0.39 is 7.60 Å². The van der Waals surface area contributed by atoms with Crippen molar-refractivity contribution >= 4 is 19.2 Å². The molecule has 2 N–H and O–H groups in total. The predicted octanol–water partition coefficient (Wildman–Crippen LogP) is 8.71. The first-order valence-electron chi connectivity index (χ1n) is 17.0. The van der Waals surface area contributed by atoms with Gasteiger partial charge in [-0.25, -0.2) is 0 Å². The average Bonchev–Trinajstić information content (AvgIpc) is 3.31. The largest absolute Gasteiger partial charge is 0.393 e. The van der Waals surface area contributed by atoms with E-state index in [1.807, 2.05) is 18.2 Å². The van der Waals surface area contributed by atoms with Crippen molar-refractivity contribution in [3.63, 3.8) is 0 Å². The number of fused-ring (bicyclic) bond motifs is 5. The molecular weight excluding hydrogens is 567 g/mol. The van der Waals surface area contributed by atoms with Crippen LogP contribution in [0.2, 0.25) is 5.02 Å². The lowest BCUT2D eigenvalue weighted by molar-refractivity contribution is -0.203. The first-order chi connectivity index (χ1) is 20.0. The fraction of sp³-hybridized carbons (Fsp3) is 0.829. The Morgan fingerprint density at radius 1 is 1.07 bits per heavy atom. The van der Waals surface area contributed by atoms with Gasteiger partial charge in [0.15, 0.2) is 0 Å². The molecule has 5 aliphatic rings. The highest BCUT2D eigenvalue weighted by Gasteiger charge is 2.64. The van der Waals surface area contributed by atoms with Crippen molar-refractivity contribution in [3.8, 4) is 0 Å². The number of halogens is 1. The van der Waals surface area contributed by atoms with Gasteiger partial charge in [-0.3, -0.25) is 4.57 Å². The number of rotatable bonds is 7. The van der Waals surface area contributed by atoms with E-state index in [-0.39, 0.29) is 29.0 Å². The van der Waals surface area contributed by atoms with E-state index in [0.717, 1.165) is 44.1 Å². The third-order valence-corrected chi connectivity index (χ3v) is 15.8. The molecule has 1 aliphatic heterocycles. The van der Waals surface area contributed by atoms with Crippen LogP contribution in [0.1, 0.15) is 103 Å². The molecule has 6 rings (SSSR count). The Morgan fingerprint density at radius 2 is 1.83 bits per heavy atom. The molecule has 0 radical (unpaired) electrons. The number of hydrogen-bond acceptors (Lipinski definition) is 5. The Balaban J connectivity index is 1.10. The van der Waals surface area contributed by atoms with Crippen LogP contribution < -0.4 is 0 Å². The van der Waals surface area contributed by atoms with Crippen molar-refractivity contribution in [2.45, 2.75) is 110 Å². The number of hydrogen-bond donors (Lipinski definition) is 2. The Labute approximate surface area is 259 Å². The molecule has 6 unspecified atom stereocenters. The number of aliphatic hydroxyl groups excluding tert-OH is 2. The minimum atomic E-state index is -3.14. The molecule has 0 amide bonds. The van der Waals surface area contributed by atoms with Crippen molar-refractivity contribution < 1.29 is 23.8 Å². The summed E-state index contributed by atoms with van der Waals surface area (Å²) in [4.78, 5) is 0. The summed E-state index contributed by atoms with van der Waals surface area (Å²) >= 11 is 6.22. The molecule has 4 aliphatic carbocycles. The SMILES string of the molecule is CC[C@H]1C(O)C2C(CC[C@@]3(C)C2CC[C@@H]3[C@H](C)CCOP2(=O)C[C@H](c3cccc(Cl)c3)CCO2)[C@@]2(C)CC[C@@H](O)CC12. The smallest absolute Gasteiger partial charge is 0.331 e. The Kier molecular flexibility index (Phi) is 9.07. The maximum Gasteiger partial charge on any atom is 0.331 e. The zero-order valence-electron chi connectivity index (χ0n) is 26.2. The monoisotopic (exact) mass is 620 g/mol. The number of aliphatic hydroxyl groups is 2. The van der Waals surface area contributed by atoms with Gasteiger partial charge in [0, 0.05) is 5.02 Å². The summed E-state index contributed by atoms with van der Waals surface area (Å²) in [6.07, 6.45) is 10.4. The molecule has 1 saturated heterocycles. The van der Waals surface area contributed by atoms with E-state index in [2.05, 4.69) is 33.8 Å². The van der Waals surface area contributed by atoms with Gasteiger partial charge in [-0.2, -0.15) is 0 Å². The van der Waals surface area contributed by atoms with E-state index in [0.29, 0.717) is 65.8 Å². The van der Waals surface area contributed by atoms with Crippen molar-refractivity contribution in [1.29, 1.82) is 0 Å². The van der Waals surface area contributed by atoms with Gasteiger partial charge in [0.05, 0.1) is 31.6 Å². The van der Waals surface area contributed by atoms with E-state index in [1.165, 1.54) is 25.7 Å². The molecule has 1 heterocycles. The summed E-state index contributed by atoms with van der Waals surface area (Å²) in [7, 11) is -3.14. The molecular formula is C35H54ClO5P. The standard InChI is InChI=1S/C35H54ClO5P/c1-5-27-31-20-26(37)11-15-35(31,4)30-12-16-34(3)28(9-10-29(34)32(30)33(27)38)22(2)13-17-40-42(39)21-24(14-18-41-42)23-7-6-8-25(36)19-23/h6-8,19,22,24,26-33,37-38H,5,9-18,20-21H2,1-4H3/t22-,24-,26-,27-,28-,29?,30?,31?,32?,33?,34-,35-,42?/m1/s1. The van der Waals surface area contributed by atoms with Gasteiger partial charge in [0.1, 0.15) is 0 Å². The lowest BCUT2D eigenvalue weighted by Gasteiger charge is -2.64. The van der Waals surface area contributed by atoms with Crippen LogP contribution in [0.3, 0.4) is 0 Å². The molecule has 5 fully saturated rings. The normalized spacial score (nSPS) is 47.7. The summed E-state index contributed by atoms with van der Waals surface area (Å²) in [6, 6.07) is 7.86. The molecule has 7 heteroatoms. The van der Waals surface area contributed by atoms with Crippen LogP contribution in [0.15, 0.2) is 24.3 Å². The van der Waals surface area contributed by atoms with Gasteiger partial charge in [0.25, 0.3) is 0 Å². The summed E-state index contributed by atoms with van der Waals surface area (Å²) in [5.74, 6) is 3.41. The molecule has 1 aromatic rings. The van der Waals surface area contributed by atoms with Crippen LogP contribution in [0, 0.1) is 52.3 Å². The van der Waals surface area contributed by atoms with E-state index >= 15 is 0 Å². The topological polar surface area (TPSA) is 76.0 Å². The summed E-state index contributed by atoms with van der Waals surface area (Å²) in [5, 5.41) is 23.2. The lowest BCUT2D eigenvalue weighted by Crippen LogP contribution is -2.62. The highest BCUT2D eigenvalue weighted by molar-refractivity contribution is 7.53. The minimum Gasteiger partial charge on any atom is -0.393 e.